The van der Waals surface area contributed by atoms with Crippen molar-refractivity contribution in [2.45, 2.75) is 6.42 Å². The van der Waals surface area contributed by atoms with Gasteiger partial charge in [-0.15, -0.1) is 0 Å². The molecule has 134 valence electrons. The molecule has 0 unspecified atom stereocenters. The summed E-state index contributed by atoms with van der Waals surface area (Å²) in [6.07, 6.45) is 0.365. The van der Waals surface area contributed by atoms with Gasteiger partial charge in [0.25, 0.3) is 11.8 Å². The molecule has 0 atom stereocenters. The summed E-state index contributed by atoms with van der Waals surface area (Å²) >= 11 is 3.29. The molecule has 6 nitrogen and oxygen atoms in total. The van der Waals surface area contributed by atoms with Gasteiger partial charge in [0.15, 0.2) is 6.61 Å². The lowest BCUT2D eigenvalue weighted by Gasteiger charge is -2.13. The molecule has 1 aliphatic rings. The number of hydrogen-bond donors (Lipinski definition) is 0. The highest BCUT2D eigenvalue weighted by atomic mass is 79.9. The molecule has 0 saturated carbocycles. The number of imide groups is 1. The van der Waals surface area contributed by atoms with Crippen LogP contribution in [0.4, 0.5) is 0 Å². The molecule has 0 radical (unpaired) electrons. The number of esters is 1. The SMILES string of the molecule is O=C(COc1ccccc1)OCCCN1C(=O)c2ccc(Br)cc2C1=O. The second-order valence-electron chi connectivity index (χ2n) is 5.63. The molecule has 2 aromatic rings. The lowest BCUT2D eigenvalue weighted by atomic mass is 10.1. The fourth-order valence-corrected chi connectivity index (χ4v) is 2.94. The van der Waals surface area contributed by atoms with Crippen molar-refractivity contribution in [3.63, 3.8) is 0 Å². The first-order valence-electron chi connectivity index (χ1n) is 8.05. The summed E-state index contributed by atoms with van der Waals surface area (Å²) in [7, 11) is 0. The maximum absolute atomic E-state index is 12.3. The van der Waals surface area contributed by atoms with E-state index in [9.17, 15) is 14.4 Å². The van der Waals surface area contributed by atoms with Crippen LogP contribution in [0.3, 0.4) is 0 Å². The highest BCUT2D eigenvalue weighted by Gasteiger charge is 2.35. The number of ether oxygens (including phenoxy) is 2. The Labute approximate surface area is 158 Å². The van der Waals surface area contributed by atoms with E-state index in [4.69, 9.17) is 9.47 Å². The van der Waals surface area contributed by atoms with E-state index in [1.54, 1.807) is 42.5 Å². The summed E-state index contributed by atoms with van der Waals surface area (Å²) in [4.78, 5) is 37.4. The summed E-state index contributed by atoms with van der Waals surface area (Å²) < 4.78 is 11.1. The molecule has 0 bridgehead atoms. The van der Waals surface area contributed by atoms with Gasteiger partial charge in [0, 0.05) is 11.0 Å². The van der Waals surface area contributed by atoms with Gasteiger partial charge < -0.3 is 9.47 Å². The largest absolute Gasteiger partial charge is 0.482 e. The Morgan fingerprint density at radius 2 is 1.73 bits per heavy atom. The number of fused-ring (bicyclic) bond motifs is 1. The Bertz CT molecular complexity index is 837. The first-order chi connectivity index (χ1) is 12.6. The third-order valence-electron chi connectivity index (χ3n) is 3.82. The summed E-state index contributed by atoms with van der Waals surface area (Å²) in [6.45, 7) is 0.107. The molecule has 0 fully saturated rings. The number of nitrogens with zero attached hydrogens (tertiary/aromatic N) is 1. The standard InChI is InChI=1S/C19H16BrNO5/c20-13-7-8-15-16(11-13)19(24)21(18(15)23)9-4-10-25-17(22)12-26-14-5-2-1-3-6-14/h1-3,5-8,11H,4,9-10,12H2. The van der Waals surface area contributed by atoms with Gasteiger partial charge in [-0.2, -0.15) is 0 Å². The Morgan fingerprint density at radius 1 is 1.00 bits per heavy atom. The first kappa shape index (κ1) is 18.1. The number of amides is 2. The fourth-order valence-electron chi connectivity index (χ4n) is 2.58. The van der Waals surface area contributed by atoms with E-state index in [-0.39, 0.29) is 31.6 Å². The first-order valence-corrected chi connectivity index (χ1v) is 8.85. The normalized spacial score (nSPS) is 12.9. The van der Waals surface area contributed by atoms with Crippen LogP contribution in [0, 0.1) is 0 Å². The predicted octanol–water partition coefficient (Wildman–Crippen LogP) is 3.06. The van der Waals surface area contributed by atoms with Crippen LogP contribution in [-0.4, -0.2) is 42.4 Å². The average Bonchev–Trinajstić information content (AvgIpc) is 2.88. The number of halogens is 1. The van der Waals surface area contributed by atoms with Gasteiger partial charge in [0.2, 0.25) is 0 Å². The molecule has 0 N–H and O–H groups in total. The molecule has 26 heavy (non-hydrogen) atoms. The highest BCUT2D eigenvalue weighted by Crippen LogP contribution is 2.26. The van der Waals surface area contributed by atoms with Crippen LogP contribution in [0.2, 0.25) is 0 Å². The smallest absolute Gasteiger partial charge is 0.344 e. The zero-order valence-electron chi connectivity index (χ0n) is 13.8. The summed E-state index contributed by atoms with van der Waals surface area (Å²) in [5.41, 5.74) is 0.782. The van der Waals surface area contributed by atoms with Crippen LogP contribution in [0.1, 0.15) is 27.1 Å². The molecule has 1 aliphatic heterocycles. The zero-order chi connectivity index (χ0) is 18.5. The van der Waals surface area contributed by atoms with Crippen molar-refractivity contribution in [1.82, 2.24) is 4.90 Å². The minimum Gasteiger partial charge on any atom is -0.482 e. The molecule has 7 heteroatoms. The van der Waals surface area contributed by atoms with Gasteiger partial charge in [-0.05, 0) is 36.8 Å². The minimum absolute atomic E-state index is 0.105. The van der Waals surface area contributed by atoms with E-state index in [1.165, 1.54) is 4.90 Å². The highest BCUT2D eigenvalue weighted by molar-refractivity contribution is 9.10. The van der Waals surface area contributed by atoms with E-state index < -0.39 is 5.97 Å². The van der Waals surface area contributed by atoms with E-state index >= 15 is 0 Å². The Balaban J connectivity index is 1.42. The number of carbonyl (C=O) groups excluding carboxylic acids is 3. The van der Waals surface area contributed by atoms with Gasteiger partial charge in [-0.1, -0.05) is 34.1 Å². The number of benzene rings is 2. The van der Waals surface area contributed by atoms with Gasteiger partial charge in [-0.3, -0.25) is 14.5 Å². The third-order valence-corrected chi connectivity index (χ3v) is 4.31. The van der Waals surface area contributed by atoms with Crippen LogP contribution in [0.25, 0.3) is 0 Å². The van der Waals surface area contributed by atoms with Gasteiger partial charge in [0.1, 0.15) is 5.75 Å². The number of rotatable bonds is 7. The van der Waals surface area contributed by atoms with Crippen molar-refractivity contribution in [2.75, 3.05) is 19.8 Å². The van der Waals surface area contributed by atoms with Crippen molar-refractivity contribution < 1.29 is 23.9 Å². The molecule has 0 spiro atoms. The number of para-hydroxylation sites is 1. The second-order valence-corrected chi connectivity index (χ2v) is 6.54. The lowest BCUT2D eigenvalue weighted by Crippen LogP contribution is -2.31. The maximum Gasteiger partial charge on any atom is 0.344 e. The minimum atomic E-state index is -0.500. The quantitative estimate of drug-likeness (QED) is 0.393. The fraction of sp³-hybridized carbons (Fsp3) is 0.211. The topological polar surface area (TPSA) is 72.9 Å². The average molecular weight is 418 g/mol. The second kappa shape index (κ2) is 8.14. The molecular formula is C19H16BrNO5. The monoisotopic (exact) mass is 417 g/mol. The van der Waals surface area contributed by atoms with E-state index in [1.807, 2.05) is 6.07 Å². The molecule has 1 heterocycles. The van der Waals surface area contributed by atoms with Crippen LogP contribution in [-0.2, 0) is 9.53 Å². The van der Waals surface area contributed by atoms with Crippen molar-refractivity contribution in [3.8, 4) is 5.75 Å². The van der Waals surface area contributed by atoms with Crippen LogP contribution < -0.4 is 4.74 Å². The number of hydrogen-bond acceptors (Lipinski definition) is 5. The van der Waals surface area contributed by atoms with Crippen molar-refractivity contribution >= 4 is 33.7 Å². The molecule has 2 amide bonds. The predicted molar refractivity (Wildman–Crippen MR) is 97.0 cm³/mol. The molecular weight excluding hydrogens is 402 g/mol. The summed E-state index contributed by atoms with van der Waals surface area (Å²) in [5, 5.41) is 0. The van der Waals surface area contributed by atoms with E-state index in [0.717, 1.165) is 4.47 Å². The molecule has 2 aromatic carbocycles. The molecule has 0 aliphatic carbocycles. The Hall–Kier alpha value is -2.67. The van der Waals surface area contributed by atoms with Gasteiger partial charge in [0.05, 0.1) is 17.7 Å². The molecule has 0 aromatic heterocycles. The summed E-state index contributed by atoms with van der Waals surface area (Å²) in [6, 6.07) is 13.9. The van der Waals surface area contributed by atoms with Crippen LogP contribution in [0.5, 0.6) is 5.75 Å². The van der Waals surface area contributed by atoms with Crippen molar-refractivity contribution in [2.24, 2.45) is 0 Å². The maximum atomic E-state index is 12.3. The molecule has 0 saturated heterocycles. The van der Waals surface area contributed by atoms with Crippen LogP contribution >= 0.6 is 15.9 Å². The third kappa shape index (κ3) is 4.11. The van der Waals surface area contributed by atoms with E-state index in [2.05, 4.69) is 15.9 Å². The van der Waals surface area contributed by atoms with Crippen molar-refractivity contribution in [3.05, 3.63) is 64.1 Å². The van der Waals surface area contributed by atoms with Gasteiger partial charge in [-0.25, -0.2) is 4.79 Å². The van der Waals surface area contributed by atoms with E-state index in [0.29, 0.717) is 23.3 Å². The number of carbonyl (C=O) groups is 3. The van der Waals surface area contributed by atoms with Gasteiger partial charge >= 0.3 is 5.97 Å². The van der Waals surface area contributed by atoms with Crippen molar-refractivity contribution in [1.29, 1.82) is 0 Å². The molecule has 3 rings (SSSR count). The van der Waals surface area contributed by atoms with Crippen LogP contribution in [0.15, 0.2) is 53.0 Å². The zero-order valence-corrected chi connectivity index (χ0v) is 15.4. The summed E-state index contributed by atoms with van der Waals surface area (Å²) in [5.74, 6) is -0.567. The lowest BCUT2D eigenvalue weighted by molar-refractivity contribution is -0.146. The Kier molecular flexibility index (Phi) is 5.68. The Morgan fingerprint density at radius 3 is 2.50 bits per heavy atom.